The van der Waals surface area contributed by atoms with Gasteiger partial charge in [-0.15, -0.1) is 0 Å². The highest BCUT2D eigenvalue weighted by molar-refractivity contribution is 5.07. The van der Waals surface area contributed by atoms with E-state index in [-0.39, 0.29) is 5.56 Å². The van der Waals surface area contributed by atoms with E-state index in [1.54, 1.807) is 6.07 Å². The summed E-state index contributed by atoms with van der Waals surface area (Å²) in [5.74, 6) is 0. The molecule has 1 aromatic rings. The van der Waals surface area contributed by atoms with Crippen LogP contribution in [0.1, 0.15) is 31.2 Å². The van der Waals surface area contributed by atoms with Crippen LogP contribution in [0.3, 0.4) is 0 Å². The van der Waals surface area contributed by atoms with Gasteiger partial charge in [-0.1, -0.05) is 12.5 Å². The van der Waals surface area contributed by atoms with Crippen LogP contribution >= 0.6 is 0 Å². The van der Waals surface area contributed by atoms with E-state index in [9.17, 15) is 4.79 Å². The first-order valence-corrected chi connectivity index (χ1v) is 6.65. The summed E-state index contributed by atoms with van der Waals surface area (Å²) >= 11 is 0. The van der Waals surface area contributed by atoms with Crippen LogP contribution in [-0.2, 0) is 6.54 Å². The van der Waals surface area contributed by atoms with Gasteiger partial charge in [0.25, 0.3) is 5.56 Å². The SMILES string of the molecule is Cc1ccc(=O)n(CCCN2CCCCC2)c1. The predicted molar refractivity (Wildman–Crippen MR) is 70.3 cm³/mol. The van der Waals surface area contributed by atoms with Crippen molar-refractivity contribution in [2.45, 2.75) is 39.2 Å². The van der Waals surface area contributed by atoms with Crippen molar-refractivity contribution in [1.82, 2.24) is 9.47 Å². The fraction of sp³-hybridized carbons (Fsp3) is 0.643. The molecule has 1 fully saturated rings. The first kappa shape index (κ1) is 12.4. The van der Waals surface area contributed by atoms with Gasteiger partial charge in [-0.05, 0) is 51.4 Å². The van der Waals surface area contributed by atoms with E-state index in [1.165, 1.54) is 32.4 Å². The van der Waals surface area contributed by atoms with Crippen LogP contribution < -0.4 is 5.56 Å². The zero-order chi connectivity index (χ0) is 12.1. The van der Waals surface area contributed by atoms with Crippen LogP contribution in [0.15, 0.2) is 23.1 Å². The summed E-state index contributed by atoms with van der Waals surface area (Å²) in [6.07, 6.45) is 7.09. The number of nitrogens with zero attached hydrogens (tertiary/aromatic N) is 2. The van der Waals surface area contributed by atoms with E-state index in [0.717, 1.165) is 25.1 Å². The molecule has 0 unspecified atom stereocenters. The highest BCUT2D eigenvalue weighted by atomic mass is 16.1. The summed E-state index contributed by atoms with van der Waals surface area (Å²) in [6, 6.07) is 3.54. The normalized spacial score (nSPS) is 17.2. The molecule has 0 aromatic carbocycles. The molecule has 94 valence electrons. The number of pyridine rings is 1. The molecule has 0 spiro atoms. The first-order chi connectivity index (χ1) is 8.25. The Balaban J connectivity index is 1.81. The number of hydrogen-bond donors (Lipinski definition) is 0. The minimum absolute atomic E-state index is 0.120. The fourth-order valence-corrected chi connectivity index (χ4v) is 2.47. The van der Waals surface area contributed by atoms with Gasteiger partial charge in [0.05, 0.1) is 0 Å². The second-order valence-corrected chi connectivity index (χ2v) is 4.99. The van der Waals surface area contributed by atoms with Crippen LogP contribution in [0.2, 0.25) is 0 Å². The minimum atomic E-state index is 0.120. The average Bonchev–Trinajstić information content (AvgIpc) is 2.35. The maximum atomic E-state index is 11.6. The Labute approximate surface area is 103 Å². The number of rotatable bonds is 4. The number of hydrogen-bond acceptors (Lipinski definition) is 2. The third-order valence-corrected chi connectivity index (χ3v) is 3.45. The van der Waals surface area contributed by atoms with E-state index >= 15 is 0 Å². The van der Waals surface area contributed by atoms with E-state index in [2.05, 4.69) is 4.90 Å². The molecule has 1 aliphatic rings. The highest BCUT2D eigenvalue weighted by Gasteiger charge is 2.09. The molecule has 3 nitrogen and oxygen atoms in total. The van der Waals surface area contributed by atoms with Gasteiger partial charge < -0.3 is 9.47 Å². The van der Waals surface area contributed by atoms with Crippen LogP contribution in [0.4, 0.5) is 0 Å². The molecule has 2 heterocycles. The average molecular weight is 234 g/mol. The van der Waals surface area contributed by atoms with Crippen LogP contribution in [0.25, 0.3) is 0 Å². The molecule has 0 radical (unpaired) electrons. The Bertz CT molecular complexity index is 405. The molecule has 0 N–H and O–H groups in total. The van der Waals surface area contributed by atoms with Gasteiger partial charge in [0.1, 0.15) is 0 Å². The largest absolute Gasteiger partial charge is 0.315 e. The summed E-state index contributed by atoms with van der Waals surface area (Å²) in [4.78, 5) is 14.1. The summed E-state index contributed by atoms with van der Waals surface area (Å²) < 4.78 is 1.83. The lowest BCUT2D eigenvalue weighted by atomic mass is 10.1. The summed E-state index contributed by atoms with van der Waals surface area (Å²) in [7, 11) is 0. The lowest BCUT2D eigenvalue weighted by molar-refractivity contribution is 0.222. The van der Waals surface area contributed by atoms with Gasteiger partial charge in [0.15, 0.2) is 0 Å². The van der Waals surface area contributed by atoms with Crippen molar-refractivity contribution in [1.29, 1.82) is 0 Å². The molecule has 1 aliphatic heterocycles. The Morgan fingerprint density at radius 3 is 2.65 bits per heavy atom. The Morgan fingerprint density at radius 1 is 1.12 bits per heavy atom. The lowest BCUT2D eigenvalue weighted by Gasteiger charge is -2.26. The molecule has 17 heavy (non-hydrogen) atoms. The number of likely N-dealkylation sites (tertiary alicyclic amines) is 1. The molecule has 2 rings (SSSR count). The van der Waals surface area contributed by atoms with Crippen LogP contribution in [0, 0.1) is 6.92 Å². The molecule has 3 heteroatoms. The van der Waals surface area contributed by atoms with Crippen molar-refractivity contribution < 1.29 is 0 Å². The van der Waals surface area contributed by atoms with Crippen molar-refractivity contribution in [2.75, 3.05) is 19.6 Å². The molecule has 1 aromatic heterocycles. The van der Waals surface area contributed by atoms with Gasteiger partial charge in [-0.2, -0.15) is 0 Å². The molecular weight excluding hydrogens is 212 g/mol. The van der Waals surface area contributed by atoms with Gasteiger partial charge in [-0.25, -0.2) is 0 Å². The van der Waals surface area contributed by atoms with Gasteiger partial charge in [0.2, 0.25) is 0 Å². The maximum absolute atomic E-state index is 11.6. The Kier molecular flexibility index (Phi) is 4.37. The molecular formula is C14H22N2O. The van der Waals surface area contributed by atoms with Crippen LogP contribution in [-0.4, -0.2) is 29.1 Å². The quantitative estimate of drug-likeness (QED) is 0.796. The monoisotopic (exact) mass is 234 g/mol. The van der Waals surface area contributed by atoms with Gasteiger partial charge >= 0.3 is 0 Å². The summed E-state index contributed by atoms with van der Waals surface area (Å²) in [5.41, 5.74) is 1.27. The zero-order valence-electron chi connectivity index (χ0n) is 10.7. The van der Waals surface area contributed by atoms with Gasteiger partial charge in [0, 0.05) is 18.8 Å². The maximum Gasteiger partial charge on any atom is 0.250 e. The summed E-state index contributed by atoms with van der Waals surface area (Å²) in [5, 5.41) is 0. The van der Waals surface area contributed by atoms with Crippen molar-refractivity contribution >= 4 is 0 Å². The second-order valence-electron chi connectivity index (χ2n) is 4.99. The molecule has 0 amide bonds. The van der Waals surface area contributed by atoms with E-state index in [0.29, 0.717) is 0 Å². The fourth-order valence-electron chi connectivity index (χ4n) is 2.47. The zero-order valence-corrected chi connectivity index (χ0v) is 10.7. The van der Waals surface area contributed by atoms with Crippen molar-refractivity contribution in [3.63, 3.8) is 0 Å². The van der Waals surface area contributed by atoms with E-state index in [1.807, 2.05) is 23.8 Å². The molecule has 0 atom stereocenters. The first-order valence-electron chi connectivity index (χ1n) is 6.65. The molecule has 0 aliphatic carbocycles. The third kappa shape index (κ3) is 3.70. The topological polar surface area (TPSA) is 25.2 Å². The standard InChI is InChI=1S/C14H22N2O/c1-13-6-7-14(17)16(12-13)11-5-10-15-8-3-2-4-9-15/h6-7,12H,2-5,8-11H2,1H3. The minimum Gasteiger partial charge on any atom is -0.315 e. The predicted octanol–water partition coefficient (Wildman–Crippen LogP) is 2.03. The number of piperidine rings is 1. The van der Waals surface area contributed by atoms with Crippen LogP contribution in [0.5, 0.6) is 0 Å². The summed E-state index contributed by atoms with van der Waals surface area (Å²) in [6.45, 7) is 6.48. The number of aromatic nitrogens is 1. The molecule has 0 bridgehead atoms. The van der Waals surface area contributed by atoms with Crippen molar-refractivity contribution in [3.05, 3.63) is 34.2 Å². The number of aryl methyl sites for hydroxylation is 2. The highest BCUT2D eigenvalue weighted by Crippen LogP contribution is 2.08. The Hall–Kier alpha value is -1.09. The molecule has 0 saturated carbocycles. The Morgan fingerprint density at radius 2 is 1.88 bits per heavy atom. The van der Waals surface area contributed by atoms with Gasteiger partial charge in [-0.3, -0.25) is 4.79 Å². The lowest BCUT2D eigenvalue weighted by Crippen LogP contribution is -2.31. The smallest absolute Gasteiger partial charge is 0.250 e. The van der Waals surface area contributed by atoms with E-state index < -0.39 is 0 Å². The molecule has 1 saturated heterocycles. The van der Waals surface area contributed by atoms with E-state index in [4.69, 9.17) is 0 Å². The van der Waals surface area contributed by atoms with Crippen molar-refractivity contribution in [3.8, 4) is 0 Å². The van der Waals surface area contributed by atoms with Crippen molar-refractivity contribution in [2.24, 2.45) is 0 Å². The third-order valence-electron chi connectivity index (χ3n) is 3.45. The second kappa shape index (κ2) is 6.01.